The molecule has 34 heavy (non-hydrogen) atoms. The Bertz CT molecular complexity index is 1160. The van der Waals surface area contributed by atoms with Crippen molar-refractivity contribution in [3.8, 4) is 5.75 Å². The van der Waals surface area contributed by atoms with Crippen LogP contribution in [0, 0.1) is 19.8 Å². The van der Waals surface area contributed by atoms with Crippen molar-refractivity contribution in [1.82, 2.24) is 14.0 Å². The fourth-order valence-corrected chi connectivity index (χ4v) is 3.79. The SMILES string of the molecule is Cc1cc(CN(C)CC(=O)c2c(N)n(CC(C)C)c(=O)n(C)c2=O)cc(C)c1OCC(F)(F)F. The standard InChI is InChI=1S/C23H31F3N4O4/c1-13(2)9-30-20(27)18(21(32)29(6)22(30)33)17(31)11-28(5)10-16-7-14(3)19(15(4)8-16)34-12-23(24,25)26/h7-8,13H,9-12,27H2,1-6H3. The second-order valence-corrected chi connectivity index (χ2v) is 8.97. The molecule has 11 heteroatoms. The van der Waals surface area contributed by atoms with E-state index < -0.39 is 29.8 Å². The third-order valence-electron chi connectivity index (χ3n) is 5.18. The van der Waals surface area contributed by atoms with Crippen LogP contribution in [0.3, 0.4) is 0 Å². The average molecular weight is 485 g/mol. The predicted molar refractivity (Wildman–Crippen MR) is 123 cm³/mol. The number of Topliss-reactive ketones (excluding diaryl/α,β-unsaturated/α-hetero) is 1. The number of carbonyl (C=O) groups excluding carboxylic acids is 1. The Morgan fingerprint density at radius 1 is 1.18 bits per heavy atom. The molecular weight excluding hydrogens is 453 g/mol. The Morgan fingerprint density at radius 2 is 1.74 bits per heavy atom. The molecule has 1 aromatic carbocycles. The van der Waals surface area contributed by atoms with Crippen LogP contribution in [-0.2, 0) is 20.1 Å². The van der Waals surface area contributed by atoms with Gasteiger partial charge in [0.25, 0.3) is 5.56 Å². The minimum atomic E-state index is -4.44. The number of nitrogen functional groups attached to an aromatic ring is 1. The van der Waals surface area contributed by atoms with Crippen LogP contribution < -0.4 is 21.7 Å². The summed E-state index contributed by atoms with van der Waals surface area (Å²) in [7, 11) is 2.97. The minimum Gasteiger partial charge on any atom is -0.484 e. The molecular formula is C23H31F3N4O4. The molecule has 0 aliphatic heterocycles. The molecule has 0 bridgehead atoms. The third-order valence-corrected chi connectivity index (χ3v) is 5.18. The van der Waals surface area contributed by atoms with Crippen molar-refractivity contribution in [2.75, 3.05) is 25.9 Å². The number of rotatable bonds is 9. The van der Waals surface area contributed by atoms with E-state index >= 15 is 0 Å². The number of carbonyl (C=O) groups is 1. The lowest BCUT2D eigenvalue weighted by Gasteiger charge is -2.20. The summed E-state index contributed by atoms with van der Waals surface area (Å²) in [4.78, 5) is 39.7. The number of anilines is 1. The number of ketones is 1. The number of ether oxygens (including phenoxy) is 1. The molecule has 0 unspecified atom stereocenters. The van der Waals surface area contributed by atoms with Gasteiger partial charge in [0, 0.05) is 20.1 Å². The van der Waals surface area contributed by atoms with Gasteiger partial charge >= 0.3 is 11.9 Å². The second-order valence-electron chi connectivity index (χ2n) is 8.97. The van der Waals surface area contributed by atoms with Gasteiger partial charge in [0.15, 0.2) is 12.4 Å². The zero-order chi connectivity index (χ0) is 26.0. The number of halogens is 3. The lowest BCUT2D eigenvalue weighted by Crippen LogP contribution is -2.44. The Balaban J connectivity index is 2.24. The highest BCUT2D eigenvalue weighted by molar-refractivity contribution is 6.01. The van der Waals surface area contributed by atoms with Crippen LogP contribution >= 0.6 is 0 Å². The van der Waals surface area contributed by atoms with Crippen molar-refractivity contribution in [3.63, 3.8) is 0 Å². The van der Waals surface area contributed by atoms with E-state index in [0.29, 0.717) is 17.7 Å². The third kappa shape index (κ3) is 6.49. The monoisotopic (exact) mass is 484 g/mol. The average Bonchev–Trinajstić information content (AvgIpc) is 2.68. The zero-order valence-electron chi connectivity index (χ0n) is 20.2. The van der Waals surface area contributed by atoms with Crippen molar-refractivity contribution in [2.24, 2.45) is 13.0 Å². The van der Waals surface area contributed by atoms with Crippen molar-refractivity contribution < 1.29 is 22.7 Å². The lowest BCUT2D eigenvalue weighted by molar-refractivity contribution is -0.153. The fourth-order valence-electron chi connectivity index (χ4n) is 3.79. The first-order valence-electron chi connectivity index (χ1n) is 10.7. The van der Waals surface area contributed by atoms with Gasteiger partial charge in [-0.15, -0.1) is 0 Å². The molecule has 1 aromatic heterocycles. The molecule has 0 saturated heterocycles. The maximum Gasteiger partial charge on any atom is 0.422 e. The highest BCUT2D eigenvalue weighted by atomic mass is 19.4. The molecule has 0 radical (unpaired) electrons. The van der Waals surface area contributed by atoms with E-state index in [2.05, 4.69) is 0 Å². The number of benzene rings is 1. The van der Waals surface area contributed by atoms with Crippen molar-refractivity contribution in [2.45, 2.75) is 47.0 Å². The molecule has 0 saturated carbocycles. The van der Waals surface area contributed by atoms with E-state index in [4.69, 9.17) is 10.5 Å². The molecule has 0 spiro atoms. The first kappa shape index (κ1) is 27.2. The topological polar surface area (TPSA) is 99.6 Å². The largest absolute Gasteiger partial charge is 0.484 e. The molecule has 1 heterocycles. The maximum atomic E-state index is 13.0. The number of likely N-dealkylation sites (N-methyl/N-ethyl adjacent to an activating group) is 1. The van der Waals surface area contributed by atoms with Gasteiger partial charge in [0.1, 0.15) is 17.1 Å². The summed E-state index contributed by atoms with van der Waals surface area (Å²) < 4.78 is 44.5. The van der Waals surface area contributed by atoms with Gasteiger partial charge < -0.3 is 10.5 Å². The van der Waals surface area contributed by atoms with Crippen molar-refractivity contribution in [3.05, 3.63) is 55.2 Å². The fraction of sp³-hybridized carbons (Fsp3) is 0.522. The number of hydrogen-bond acceptors (Lipinski definition) is 6. The van der Waals surface area contributed by atoms with Crippen molar-refractivity contribution in [1.29, 1.82) is 0 Å². The number of alkyl halides is 3. The molecule has 0 fully saturated rings. The Kier molecular flexibility index (Phi) is 8.35. The number of aryl methyl sites for hydroxylation is 2. The molecule has 2 rings (SSSR count). The highest BCUT2D eigenvalue weighted by Gasteiger charge is 2.29. The molecule has 2 N–H and O–H groups in total. The quantitative estimate of drug-likeness (QED) is 0.550. The van der Waals surface area contributed by atoms with Gasteiger partial charge in [-0.1, -0.05) is 26.0 Å². The van der Waals surface area contributed by atoms with Gasteiger partial charge in [0.05, 0.1) is 6.54 Å². The number of aromatic nitrogens is 2. The Hall–Kier alpha value is -3.08. The van der Waals surface area contributed by atoms with E-state index in [-0.39, 0.29) is 36.1 Å². The van der Waals surface area contributed by atoms with E-state index in [0.717, 1.165) is 10.1 Å². The van der Waals surface area contributed by atoms with Gasteiger partial charge in [-0.25, -0.2) is 4.79 Å². The lowest BCUT2D eigenvalue weighted by atomic mass is 10.0. The summed E-state index contributed by atoms with van der Waals surface area (Å²) in [6, 6.07) is 3.38. The van der Waals surface area contributed by atoms with Crippen LogP contribution in [0.2, 0.25) is 0 Å². The van der Waals surface area contributed by atoms with Crippen LogP contribution in [-0.4, -0.2) is 46.2 Å². The van der Waals surface area contributed by atoms with Crippen LogP contribution in [0.25, 0.3) is 0 Å². The minimum absolute atomic E-state index is 0.0673. The number of nitrogens with zero attached hydrogens (tertiary/aromatic N) is 3. The summed E-state index contributed by atoms with van der Waals surface area (Å²) in [5.74, 6) is -0.448. The molecule has 188 valence electrons. The molecule has 8 nitrogen and oxygen atoms in total. The molecule has 0 amide bonds. The van der Waals surface area contributed by atoms with E-state index in [1.54, 1.807) is 37.9 Å². The first-order chi connectivity index (χ1) is 15.6. The van der Waals surface area contributed by atoms with Gasteiger partial charge in [-0.05, 0) is 43.5 Å². The van der Waals surface area contributed by atoms with Crippen LogP contribution in [0.15, 0.2) is 21.7 Å². The van der Waals surface area contributed by atoms with Crippen LogP contribution in [0.4, 0.5) is 19.0 Å². The molecule has 2 aromatic rings. The summed E-state index contributed by atoms with van der Waals surface area (Å²) in [5.41, 5.74) is 6.33. The predicted octanol–water partition coefficient (Wildman–Crippen LogP) is 2.66. The highest BCUT2D eigenvalue weighted by Crippen LogP contribution is 2.27. The molecule has 0 aliphatic rings. The van der Waals surface area contributed by atoms with Gasteiger partial charge in [-0.2, -0.15) is 13.2 Å². The van der Waals surface area contributed by atoms with Crippen LogP contribution in [0.5, 0.6) is 5.75 Å². The summed E-state index contributed by atoms with van der Waals surface area (Å²) in [6.45, 7) is 6.09. The maximum absolute atomic E-state index is 13.0. The van der Waals surface area contributed by atoms with E-state index in [1.807, 2.05) is 13.8 Å². The second kappa shape index (κ2) is 10.5. The summed E-state index contributed by atoms with van der Waals surface area (Å²) in [5, 5.41) is 0. The normalized spacial score (nSPS) is 12.0. The summed E-state index contributed by atoms with van der Waals surface area (Å²) >= 11 is 0. The number of hydrogen-bond donors (Lipinski definition) is 1. The smallest absolute Gasteiger partial charge is 0.422 e. The van der Waals surface area contributed by atoms with Crippen LogP contribution in [0.1, 0.15) is 40.9 Å². The molecule has 0 aliphatic carbocycles. The zero-order valence-corrected chi connectivity index (χ0v) is 20.2. The van der Waals surface area contributed by atoms with E-state index in [9.17, 15) is 27.6 Å². The van der Waals surface area contributed by atoms with Gasteiger partial charge in [-0.3, -0.25) is 23.6 Å². The van der Waals surface area contributed by atoms with Gasteiger partial charge in [0.2, 0.25) is 0 Å². The summed E-state index contributed by atoms with van der Waals surface area (Å²) in [6.07, 6.45) is -4.44. The van der Waals surface area contributed by atoms with Crippen molar-refractivity contribution >= 4 is 11.6 Å². The Labute approximate surface area is 195 Å². The first-order valence-corrected chi connectivity index (χ1v) is 10.7. The van der Waals surface area contributed by atoms with E-state index in [1.165, 1.54) is 11.6 Å². The Morgan fingerprint density at radius 3 is 2.24 bits per heavy atom. The molecule has 0 atom stereocenters. The number of nitrogens with two attached hydrogens (primary N) is 1.